The van der Waals surface area contributed by atoms with Crippen LogP contribution in [0.4, 0.5) is 5.69 Å². The molecule has 0 bridgehead atoms. The lowest BCUT2D eigenvalue weighted by molar-refractivity contribution is 0.0948. The molecule has 1 amide bonds. The Hall–Kier alpha value is -1.33. The molecule has 0 spiro atoms. The molecule has 2 rings (SSSR count). The average molecular weight is 297 g/mol. The minimum Gasteiger partial charge on any atom is -0.397 e. The van der Waals surface area contributed by atoms with Crippen molar-refractivity contribution in [3.8, 4) is 0 Å². The lowest BCUT2D eigenvalue weighted by Gasteiger charge is -2.19. The van der Waals surface area contributed by atoms with E-state index in [0.717, 1.165) is 19.6 Å². The number of aromatic nitrogens is 1. The van der Waals surface area contributed by atoms with Gasteiger partial charge in [0.25, 0.3) is 5.91 Å². The Morgan fingerprint density at radius 1 is 1.35 bits per heavy atom. The van der Waals surface area contributed by atoms with Gasteiger partial charge in [-0.2, -0.15) is 0 Å². The standard InChI is InChI=1S/C14H21ClN4O/c15-13-12(9-11(16)10-18-13)14(20)17-5-8-19-6-3-1-2-4-7-19/h9-10H,1-8,16H2,(H,17,20). The molecule has 6 heteroatoms. The molecule has 0 saturated carbocycles. The number of halogens is 1. The summed E-state index contributed by atoms with van der Waals surface area (Å²) < 4.78 is 0. The predicted molar refractivity (Wildman–Crippen MR) is 80.9 cm³/mol. The zero-order valence-electron chi connectivity index (χ0n) is 11.6. The Labute approximate surface area is 124 Å². The van der Waals surface area contributed by atoms with E-state index < -0.39 is 0 Å². The van der Waals surface area contributed by atoms with Gasteiger partial charge in [-0.1, -0.05) is 24.4 Å². The molecule has 0 aliphatic carbocycles. The van der Waals surface area contributed by atoms with Gasteiger partial charge in [0, 0.05) is 13.1 Å². The number of nitrogen functional groups attached to an aromatic ring is 1. The monoisotopic (exact) mass is 296 g/mol. The molecule has 1 aromatic heterocycles. The zero-order valence-corrected chi connectivity index (χ0v) is 12.3. The number of hydrogen-bond acceptors (Lipinski definition) is 4. The quantitative estimate of drug-likeness (QED) is 0.833. The van der Waals surface area contributed by atoms with Gasteiger partial charge in [0.2, 0.25) is 0 Å². The second-order valence-electron chi connectivity index (χ2n) is 5.12. The Morgan fingerprint density at radius 3 is 2.75 bits per heavy atom. The summed E-state index contributed by atoms with van der Waals surface area (Å²) >= 11 is 5.90. The summed E-state index contributed by atoms with van der Waals surface area (Å²) in [6.07, 6.45) is 6.56. The summed E-state index contributed by atoms with van der Waals surface area (Å²) in [6.45, 7) is 3.73. The molecule has 0 aromatic carbocycles. The van der Waals surface area contributed by atoms with E-state index in [1.807, 2.05) is 0 Å². The molecule has 2 heterocycles. The van der Waals surface area contributed by atoms with E-state index in [0.29, 0.717) is 17.8 Å². The van der Waals surface area contributed by atoms with Crippen LogP contribution in [-0.2, 0) is 0 Å². The average Bonchev–Trinajstić information content (AvgIpc) is 2.70. The van der Waals surface area contributed by atoms with Crippen LogP contribution in [0.15, 0.2) is 12.3 Å². The Kier molecular flexibility index (Phi) is 5.61. The number of rotatable bonds is 4. The highest BCUT2D eigenvalue weighted by atomic mass is 35.5. The molecular weight excluding hydrogens is 276 g/mol. The van der Waals surface area contributed by atoms with Crippen molar-refractivity contribution in [3.05, 3.63) is 23.0 Å². The summed E-state index contributed by atoms with van der Waals surface area (Å²) in [5, 5.41) is 3.06. The first-order valence-electron chi connectivity index (χ1n) is 7.08. The minimum atomic E-state index is -0.218. The van der Waals surface area contributed by atoms with Crippen LogP contribution in [0.2, 0.25) is 5.15 Å². The number of likely N-dealkylation sites (tertiary alicyclic amines) is 1. The summed E-state index contributed by atoms with van der Waals surface area (Å²) in [6, 6.07) is 1.55. The maximum absolute atomic E-state index is 12.0. The zero-order chi connectivity index (χ0) is 14.4. The number of amides is 1. The maximum atomic E-state index is 12.0. The van der Waals surface area contributed by atoms with Crippen molar-refractivity contribution in [2.45, 2.75) is 25.7 Å². The van der Waals surface area contributed by atoms with Gasteiger partial charge in [0.05, 0.1) is 17.4 Å². The Bertz CT molecular complexity index is 458. The molecule has 1 aromatic rings. The fraction of sp³-hybridized carbons (Fsp3) is 0.571. The lowest BCUT2D eigenvalue weighted by atomic mass is 10.2. The number of hydrogen-bond donors (Lipinski definition) is 2. The van der Waals surface area contributed by atoms with Crippen molar-refractivity contribution < 1.29 is 4.79 Å². The molecule has 3 N–H and O–H groups in total. The van der Waals surface area contributed by atoms with Crippen molar-refractivity contribution in [2.24, 2.45) is 0 Å². The molecular formula is C14H21ClN4O. The smallest absolute Gasteiger partial charge is 0.254 e. The molecule has 1 aliphatic rings. The van der Waals surface area contributed by atoms with Crippen molar-refractivity contribution in [3.63, 3.8) is 0 Å². The van der Waals surface area contributed by atoms with E-state index >= 15 is 0 Å². The number of nitrogens with one attached hydrogen (secondary N) is 1. The number of carbonyl (C=O) groups is 1. The minimum absolute atomic E-state index is 0.187. The second kappa shape index (κ2) is 7.45. The van der Waals surface area contributed by atoms with Crippen LogP contribution >= 0.6 is 11.6 Å². The fourth-order valence-electron chi connectivity index (χ4n) is 2.41. The first-order chi connectivity index (χ1) is 9.66. The molecule has 0 atom stereocenters. The van der Waals surface area contributed by atoms with Crippen LogP contribution in [0.3, 0.4) is 0 Å². The van der Waals surface area contributed by atoms with Gasteiger partial charge >= 0.3 is 0 Å². The Morgan fingerprint density at radius 2 is 2.05 bits per heavy atom. The highest BCUT2D eigenvalue weighted by Gasteiger charge is 2.13. The van der Waals surface area contributed by atoms with Crippen LogP contribution in [0.5, 0.6) is 0 Å². The predicted octanol–water partition coefficient (Wildman–Crippen LogP) is 1.92. The third-order valence-corrected chi connectivity index (χ3v) is 3.82. The summed E-state index contributed by atoms with van der Waals surface area (Å²) in [5.41, 5.74) is 6.39. The van der Waals surface area contributed by atoms with Crippen LogP contribution in [-0.4, -0.2) is 42.0 Å². The summed E-state index contributed by atoms with van der Waals surface area (Å²) in [7, 11) is 0. The first-order valence-corrected chi connectivity index (χ1v) is 7.46. The van der Waals surface area contributed by atoms with E-state index in [4.69, 9.17) is 17.3 Å². The van der Waals surface area contributed by atoms with Gasteiger partial charge in [0.15, 0.2) is 0 Å². The van der Waals surface area contributed by atoms with Gasteiger partial charge < -0.3 is 16.0 Å². The molecule has 110 valence electrons. The first kappa shape index (κ1) is 15.1. The van der Waals surface area contributed by atoms with Gasteiger partial charge in [-0.15, -0.1) is 0 Å². The van der Waals surface area contributed by atoms with Crippen LogP contribution in [0, 0.1) is 0 Å². The van der Waals surface area contributed by atoms with Crippen molar-refractivity contribution in [2.75, 3.05) is 31.9 Å². The van der Waals surface area contributed by atoms with Gasteiger partial charge in [-0.3, -0.25) is 4.79 Å². The third kappa shape index (κ3) is 4.35. The molecule has 20 heavy (non-hydrogen) atoms. The highest BCUT2D eigenvalue weighted by molar-refractivity contribution is 6.32. The number of pyridine rings is 1. The molecule has 0 unspecified atom stereocenters. The molecule has 1 saturated heterocycles. The third-order valence-electron chi connectivity index (χ3n) is 3.52. The topological polar surface area (TPSA) is 71.2 Å². The van der Waals surface area contributed by atoms with Gasteiger partial charge in [-0.25, -0.2) is 4.98 Å². The number of nitrogens with two attached hydrogens (primary N) is 1. The van der Waals surface area contributed by atoms with E-state index in [2.05, 4.69) is 15.2 Å². The van der Waals surface area contributed by atoms with E-state index in [1.54, 1.807) is 6.07 Å². The van der Waals surface area contributed by atoms with Crippen LogP contribution < -0.4 is 11.1 Å². The second-order valence-corrected chi connectivity index (χ2v) is 5.48. The number of nitrogens with zero attached hydrogens (tertiary/aromatic N) is 2. The molecule has 1 aliphatic heterocycles. The fourth-order valence-corrected chi connectivity index (χ4v) is 2.60. The van der Waals surface area contributed by atoms with Crippen LogP contribution in [0.1, 0.15) is 36.0 Å². The molecule has 0 radical (unpaired) electrons. The maximum Gasteiger partial charge on any atom is 0.254 e. The van der Waals surface area contributed by atoms with Crippen molar-refractivity contribution in [1.82, 2.24) is 15.2 Å². The highest BCUT2D eigenvalue weighted by Crippen LogP contribution is 2.15. The van der Waals surface area contributed by atoms with E-state index in [-0.39, 0.29) is 11.1 Å². The summed E-state index contributed by atoms with van der Waals surface area (Å²) in [4.78, 5) is 18.3. The van der Waals surface area contributed by atoms with E-state index in [9.17, 15) is 4.79 Å². The van der Waals surface area contributed by atoms with E-state index in [1.165, 1.54) is 31.9 Å². The SMILES string of the molecule is Nc1cnc(Cl)c(C(=O)NCCN2CCCCCC2)c1. The largest absolute Gasteiger partial charge is 0.397 e. The Balaban J connectivity index is 1.81. The van der Waals surface area contributed by atoms with Gasteiger partial charge in [0.1, 0.15) is 5.15 Å². The lowest BCUT2D eigenvalue weighted by Crippen LogP contribution is -2.35. The van der Waals surface area contributed by atoms with Crippen molar-refractivity contribution in [1.29, 1.82) is 0 Å². The number of carbonyl (C=O) groups excluding carboxylic acids is 1. The summed E-state index contributed by atoms with van der Waals surface area (Å²) in [5.74, 6) is -0.218. The van der Waals surface area contributed by atoms with Gasteiger partial charge in [-0.05, 0) is 32.0 Å². The number of anilines is 1. The van der Waals surface area contributed by atoms with Crippen LogP contribution in [0.25, 0.3) is 0 Å². The van der Waals surface area contributed by atoms with Crippen molar-refractivity contribution >= 4 is 23.2 Å². The molecule has 1 fully saturated rings. The normalized spacial score (nSPS) is 16.6. The molecule has 5 nitrogen and oxygen atoms in total.